The van der Waals surface area contributed by atoms with Gasteiger partial charge in [0.15, 0.2) is 0 Å². The van der Waals surface area contributed by atoms with Crippen molar-refractivity contribution in [3.63, 3.8) is 0 Å². The number of carbonyl (C=O) groups excluding carboxylic acids is 1. The number of piperidine rings is 1. The van der Waals surface area contributed by atoms with Crippen LogP contribution in [-0.4, -0.2) is 34.5 Å². The molecule has 1 unspecified atom stereocenters. The largest absolute Gasteiger partial charge is 0.351 e. The molecule has 1 amide bonds. The van der Waals surface area contributed by atoms with Crippen LogP contribution < -0.4 is 5.32 Å². The van der Waals surface area contributed by atoms with Crippen LogP contribution in [0.1, 0.15) is 38.8 Å². The van der Waals surface area contributed by atoms with Gasteiger partial charge in [0.1, 0.15) is 0 Å². The molecule has 0 bridgehead atoms. The molecule has 1 aliphatic heterocycles. The molecule has 1 aromatic heterocycles. The van der Waals surface area contributed by atoms with E-state index in [9.17, 15) is 4.79 Å². The van der Waals surface area contributed by atoms with Crippen molar-refractivity contribution in [3.8, 4) is 0 Å². The lowest BCUT2D eigenvalue weighted by Gasteiger charge is -2.29. The summed E-state index contributed by atoms with van der Waals surface area (Å²) < 4.78 is 2.20. The minimum Gasteiger partial charge on any atom is -0.351 e. The molecule has 2 heterocycles. The monoisotopic (exact) mass is 263 g/mol. The summed E-state index contributed by atoms with van der Waals surface area (Å²) in [6.45, 7) is 7.68. The van der Waals surface area contributed by atoms with Crippen molar-refractivity contribution in [3.05, 3.63) is 24.0 Å². The van der Waals surface area contributed by atoms with E-state index in [4.69, 9.17) is 0 Å². The average molecular weight is 263 g/mol. The highest BCUT2D eigenvalue weighted by atomic mass is 16.2. The minimum atomic E-state index is -0.0988. The van der Waals surface area contributed by atoms with E-state index in [1.54, 1.807) is 0 Å². The normalized spacial score (nSPS) is 17.5. The van der Waals surface area contributed by atoms with Gasteiger partial charge in [0.05, 0.1) is 6.04 Å². The Morgan fingerprint density at radius 1 is 1.37 bits per heavy atom. The molecule has 0 radical (unpaired) electrons. The fourth-order valence-electron chi connectivity index (χ4n) is 2.65. The quantitative estimate of drug-likeness (QED) is 0.882. The highest BCUT2D eigenvalue weighted by molar-refractivity contribution is 5.81. The second-order valence-electron chi connectivity index (χ2n) is 5.27. The number of likely N-dealkylation sites (tertiary alicyclic amines) is 1. The second kappa shape index (κ2) is 6.75. The lowest BCUT2D eigenvalue weighted by molar-refractivity contribution is -0.133. The molecule has 1 aromatic rings. The fourth-order valence-corrected chi connectivity index (χ4v) is 2.65. The summed E-state index contributed by atoms with van der Waals surface area (Å²) in [6, 6.07) is 4.06. The number of hydrogen-bond donors (Lipinski definition) is 1. The zero-order valence-corrected chi connectivity index (χ0v) is 12.1. The summed E-state index contributed by atoms with van der Waals surface area (Å²) in [5, 5.41) is 3.34. The fraction of sp³-hybridized carbons (Fsp3) is 0.667. The molecule has 0 aliphatic carbocycles. The summed E-state index contributed by atoms with van der Waals surface area (Å²) >= 11 is 0. The van der Waals surface area contributed by atoms with Crippen LogP contribution in [0.4, 0.5) is 0 Å². The number of carbonyl (C=O) groups is 1. The summed E-state index contributed by atoms with van der Waals surface area (Å²) in [6.07, 6.45) is 5.64. The molecule has 1 aliphatic rings. The van der Waals surface area contributed by atoms with Gasteiger partial charge in [-0.05, 0) is 45.2 Å². The van der Waals surface area contributed by atoms with Crippen molar-refractivity contribution >= 4 is 5.91 Å². The van der Waals surface area contributed by atoms with E-state index in [1.165, 1.54) is 12.1 Å². The molecular weight excluding hydrogens is 238 g/mol. The number of nitrogens with one attached hydrogen (secondary N) is 1. The second-order valence-corrected chi connectivity index (χ2v) is 5.27. The number of hydrogen-bond acceptors (Lipinski definition) is 2. The molecule has 0 aromatic carbocycles. The highest BCUT2D eigenvalue weighted by Gasteiger charge is 2.21. The van der Waals surface area contributed by atoms with Crippen molar-refractivity contribution in [1.29, 1.82) is 0 Å². The van der Waals surface area contributed by atoms with E-state index in [2.05, 4.69) is 35.1 Å². The molecule has 1 N–H and O–H groups in total. The lowest BCUT2D eigenvalue weighted by atomic mass is 10.1. The van der Waals surface area contributed by atoms with Crippen LogP contribution in [0.2, 0.25) is 0 Å². The number of aryl methyl sites for hydroxylation is 1. The van der Waals surface area contributed by atoms with Gasteiger partial charge in [-0.1, -0.05) is 0 Å². The van der Waals surface area contributed by atoms with Crippen LogP contribution in [0.3, 0.4) is 0 Å². The van der Waals surface area contributed by atoms with Crippen LogP contribution in [0, 0.1) is 0 Å². The van der Waals surface area contributed by atoms with Crippen molar-refractivity contribution < 1.29 is 4.79 Å². The van der Waals surface area contributed by atoms with Gasteiger partial charge in [-0.25, -0.2) is 0 Å². The highest BCUT2D eigenvalue weighted by Crippen LogP contribution is 2.10. The van der Waals surface area contributed by atoms with Gasteiger partial charge in [0.2, 0.25) is 5.91 Å². The van der Waals surface area contributed by atoms with E-state index in [1.807, 2.05) is 11.8 Å². The van der Waals surface area contributed by atoms with Gasteiger partial charge in [0, 0.05) is 38.1 Å². The van der Waals surface area contributed by atoms with E-state index in [0.717, 1.165) is 39.0 Å². The summed E-state index contributed by atoms with van der Waals surface area (Å²) in [4.78, 5) is 14.3. The SMILES string of the molecule is CCn1cccc1CNC(C)C(=O)N1CCCCC1. The van der Waals surface area contributed by atoms with Gasteiger partial charge in [-0.3, -0.25) is 4.79 Å². The topological polar surface area (TPSA) is 37.3 Å². The third-order valence-electron chi connectivity index (χ3n) is 3.89. The number of rotatable bonds is 5. The predicted octanol–water partition coefficient (Wildman–Crippen LogP) is 2.00. The molecule has 0 spiro atoms. The first-order valence-corrected chi connectivity index (χ1v) is 7.38. The van der Waals surface area contributed by atoms with Gasteiger partial charge in [-0.15, -0.1) is 0 Å². The average Bonchev–Trinajstić information content (AvgIpc) is 2.92. The van der Waals surface area contributed by atoms with Crippen molar-refractivity contribution in [2.45, 2.75) is 52.2 Å². The standard InChI is InChI=1S/C15H25N3O/c1-3-17-11-7-8-14(17)12-16-13(2)15(19)18-9-5-4-6-10-18/h7-8,11,13,16H,3-6,9-10,12H2,1-2H3. The molecule has 2 rings (SSSR count). The molecule has 1 atom stereocenters. The molecular formula is C15H25N3O. The zero-order valence-electron chi connectivity index (χ0n) is 12.1. The number of amides is 1. The smallest absolute Gasteiger partial charge is 0.239 e. The summed E-state index contributed by atoms with van der Waals surface area (Å²) in [7, 11) is 0. The molecule has 4 heteroatoms. The van der Waals surface area contributed by atoms with Crippen molar-refractivity contribution in [1.82, 2.24) is 14.8 Å². The minimum absolute atomic E-state index is 0.0988. The Bertz CT molecular complexity index is 407. The molecule has 1 fully saturated rings. The first kappa shape index (κ1) is 14.1. The van der Waals surface area contributed by atoms with Crippen LogP contribution >= 0.6 is 0 Å². The molecule has 0 saturated carbocycles. The Hall–Kier alpha value is -1.29. The number of nitrogens with zero attached hydrogens (tertiary/aromatic N) is 2. The Morgan fingerprint density at radius 2 is 2.11 bits per heavy atom. The van der Waals surface area contributed by atoms with Crippen LogP contribution in [0.15, 0.2) is 18.3 Å². The van der Waals surface area contributed by atoms with Gasteiger partial charge in [0.25, 0.3) is 0 Å². The van der Waals surface area contributed by atoms with E-state index in [0.29, 0.717) is 0 Å². The molecule has 106 valence electrons. The molecule has 4 nitrogen and oxygen atoms in total. The molecule has 19 heavy (non-hydrogen) atoms. The van der Waals surface area contributed by atoms with Crippen LogP contribution in [-0.2, 0) is 17.9 Å². The first-order chi connectivity index (χ1) is 9.22. The third kappa shape index (κ3) is 3.60. The van der Waals surface area contributed by atoms with Gasteiger partial charge in [-0.2, -0.15) is 0 Å². The third-order valence-corrected chi connectivity index (χ3v) is 3.89. The van der Waals surface area contributed by atoms with Crippen LogP contribution in [0.25, 0.3) is 0 Å². The van der Waals surface area contributed by atoms with Gasteiger partial charge < -0.3 is 14.8 Å². The predicted molar refractivity (Wildman–Crippen MR) is 76.8 cm³/mol. The van der Waals surface area contributed by atoms with Crippen LogP contribution in [0.5, 0.6) is 0 Å². The van der Waals surface area contributed by atoms with Crippen molar-refractivity contribution in [2.24, 2.45) is 0 Å². The Kier molecular flexibility index (Phi) is 5.02. The Morgan fingerprint density at radius 3 is 2.79 bits per heavy atom. The maximum absolute atomic E-state index is 12.3. The van der Waals surface area contributed by atoms with Gasteiger partial charge >= 0.3 is 0 Å². The summed E-state index contributed by atoms with van der Waals surface area (Å²) in [5.41, 5.74) is 1.24. The zero-order chi connectivity index (χ0) is 13.7. The van der Waals surface area contributed by atoms with Crippen molar-refractivity contribution in [2.75, 3.05) is 13.1 Å². The molecule has 1 saturated heterocycles. The van der Waals surface area contributed by atoms with E-state index in [-0.39, 0.29) is 11.9 Å². The Labute approximate surface area is 115 Å². The van der Waals surface area contributed by atoms with E-state index >= 15 is 0 Å². The maximum atomic E-state index is 12.3. The lowest BCUT2D eigenvalue weighted by Crippen LogP contribution is -2.46. The van der Waals surface area contributed by atoms with E-state index < -0.39 is 0 Å². The summed E-state index contributed by atoms with van der Waals surface area (Å²) in [5.74, 6) is 0.245. The number of aromatic nitrogens is 1. The Balaban J connectivity index is 1.83. The first-order valence-electron chi connectivity index (χ1n) is 7.38. The maximum Gasteiger partial charge on any atom is 0.239 e.